The first kappa shape index (κ1) is 11.5. The Balaban J connectivity index is 2.05. The highest BCUT2D eigenvalue weighted by Crippen LogP contribution is 2.43. The van der Waals surface area contributed by atoms with Gasteiger partial charge in [-0.15, -0.1) is 22.9 Å². The fraction of sp³-hybridized carbons (Fsp3) is 0.692. The first-order valence-electron chi connectivity index (χ1n) is 5.71. The zero-order chi connectivity index (χ0) is 11.1. The largest absolute Gasteiger partial charge is 0.143 e. The lowest BCUT2D eigenvalue weighted by molar-refractivity contribution is 0.604. The topological polar surface area (TPSA) is 0 Å². The highest BCUT2D eigenvalue weighted by atomic mass is 35.5. The number of halogens is 1. The maximum atomic E-state index is 6.42. The van der Waals surface area contributed by atoms with Crippen LogP contribution in [-0.4, -0.2) is 0 Å². The summed E-state index contributed by atoms with van der Waals surface area (Å²) in [6.07, 6.45) is 3.95. The van der Waals surface area contributed by atoms with Gasteiger partial charge in [-0.1, -0.05) is 33.6 Å². The Morgan fingerprint density at radius 1 is 1.40 bits per heavy atom. The van der Waals surface area contributed by atoms with Crippen LogP contribution in [0.4, 0.5) is 0 Å². The molecule has 1 aromatic rings. The van der Waals surface area contributed by atoms with Crippen LogP contribution in [0.3, 0.4) is 0 Å². The smallest absolute Gasteiger partial charge is 0.0681 e. The van der Waals surface area contributed by atoms with Crippen molar-refractivity contribution in [3.05, 3.63) is 21.9 Å². The molecule has 1 saturated carbocycles. The van der Waals surface area contributed by atoms with Gasteiger partial charge in [0, 0.05) is 9.75 Å². The summed E-state index contributed by atoms with van der Waals surface area (Å²) in [5.41, 5.74) is 0.263. The Hall–Kier alpha value is -0.0100. The molecule has 2 heteroatoms. The molecule has 0 bridgehead atoms. The van der Waals surface area contributed by atoms with Gasteiger partial charge in [0.25, 0.3) is 0 Å². The van der Waals surface area contributed by atoms with E-state index in [4.69, 9.17) is 11.6 Å². The van der Waals surface area contributed by atoms with Gasteiger partial charge >= 0.3 is 0 Å². The Morgan fingerprint density at radius 2 is 2.07 bits per heavy atom. The molecule has 1 atom stereocenters. The normalized spacial score (nSPS) is 19.2. The molecule has 0 radical (unpaired) electrons. The minimum absolute atomic E-state index is 0.249. The monoisotopic (exact) mass is 242 g/mol. The van der Waals surface area contributed by atoms with E-state index in [1.165, 1.54) is 29.0 Å². The van der Waals surface area contributed by atoms with Crippen LogP contribution in [0, 0.1) is 5.92 Å². The summed E-state index contributed by atoms with van der Waals surface area (Å²) in [5, 5.41) is 0.249. The van der Waals surface area contributed by atoms with Crippen LogP contribution in [0.5, 0.6) is 0 Å². The first-order chi connectivity index (χ1) is 6.97. The van der Waals surface area contributed by atoms with Crippen LogP contribution >= 0.6 is 22.9 Å². The molecule has 0 nitrogen and oxygen atoms in total. The van der Waals surface area contributed by atoms with Gasteiger partial charge in [0.05, 0.1) is 5.38 Å². The zero-order valence-corrected chi connectivity index (χ0v) is 11.3. The second kappa shape index (κ2) is 4.10. The molecule has 0 amide bonds. The van der Waals surface area contributed by atoms with Crippen molar-refractivity contribution in [2.24, 2.45) is 5.92 Å². The Kier molecular flexibility index (Phi) is 3.14. The van der Waals surface area contributed by atoms with E-state index >= 15 is 0 Å². The lowest BCUT2D eigenvalue weighted by Crippen LogP contribution is -2.07. The molecule has 1 aliphatic rings. The summed E-state index contributed by atoms with van der Waals surface area (Å²) in [6.45, 7) is 6.77. The lowest BCUT2D eigenvalue weighted by atomic mass is 9.95. The van der Waals surface area contributed by atoms with Gasteiger partial charge in [-0.3, -0.25) is 0 Å². The standard InChI is InChI=1S/C13H19ClS/c1-13(2,3)12-7-6-11(15-12)10(14)8-9-4-5-9/h6-7,9-10H,4-5,8H2,1-3H3. The average Bonchev–Trinajstić information content (AvgIpc) is 2.80. The van der Waals surface area contributed by atoms with Crippen LogP contribution in [0.25, 0.3) is 0 Å². The second-order valence-electron chi connectivity index (χ2n) is 5.60. The third-order valence-electron chi connectivity index (χ3n) is 2.91. The molecule has 1 fully saturated rings. The van der Waals surface area contributed by atoms with Crippen molar-refractivity contribution in [1.82, 2.24) is 0 Å². The molecule has 0 N–H and O–H groups in total. The highest BCUT2D eigenvalue weighted by Gasteiger charge is 2.26. The molecule has 0 aromatic carbocycles. The number of thiophene rings is 1. The molecule has 1 unspecified atom stereocenters. The molecule has 1 aromatic heterocycles. The summed E-state index contributed by atoms with van der Waals surface area (Å²) in [6, 6.07) is 4.45. The van der Waals surface area contributed by atoms with Gasteiger partial charge in [0.1, 0.15) is 0 Å². The van der Waals surface area contributed by atoms with Gasteiger partial charge in [0.2, 0.25) is 0 Å². The molecule has 0 spiro atoms. The van der Waals surface area contributed by atoms with Crippen LogP contribution in [0.15, 0.2) is 12.1 Å². The molecule has 0 aliphatic heterocycles. The predicted octanol–water partition coefficient (Wildman–Crippen LogP) is 5.13. The molecule has 2 rings (SSSR count). The molecule has 0 saturated heterocycles. The quantitative estimate of drug-likeness (QED) is 0.645. The zero-order valence-electron chi connectivity index (χ0n) is 9.72. The Morgan fingerprint density at radius 3 is 2.53 bits per heavy atom. The van der Waals surface area contributed by atoms with Crippen molar-refractivity contribution < 1.29 is 0 Å². The second-order valence-corrected chi connectivity index (χ2v) is 7.24. The van der Waals surface area contributed by atoms with E-state index in [-0.39, 0.29) is 10.8 Å². The van der Waals surface area contributed by atoms with Crippen molar-refractivity contribution in [1.29, 1.82) is 0 Å². The van der Waals surface area contributed by atoms with E-state index < -0.39 is 0 Å². The molecule has 1 heterocycles. The van der Waals surface area contributed by atoms with E-state index in [1.807, 2.05) is 11.3 Å². The summed E-state index contributed by atoms with van der Waals surface area (Å²) >= 11 is 8.30. The molecule has 1 aliphatic carbocycles. The first-order valence-corrected chi connectivity index (χ1v) is 6.96. The van der Waals surface area contributed by atoms with Crippen LogP contribution in [0.2, 0.25) is 0 Å². The number of hydrogen-bond acceptors (Lipinski definition) is 1. The van der Waals surface area contributed by atoms with Gasteiger partial charge in [-0.25, -0.2) is 0 Å². The van der Waals surface area contributed by atoms with Crippen molar-refractivity contribution in [2.75, 3.05) is 0 Å². The highest BCUT2D eigenvalue weighted by molar-refractivity contribution is 7.12. The third kappa shape index (κ3) is 2.98. The summed E-state index contributed by atoms with van der Waals surface area (Å²) in [7, 11) is 0. The lowest BCUT2D eigenvalue weighted by Gasteiger charge is -2.15. The van der Waals surface area contributed by atoms with Crippen LogP contribution < -0.4 is 0 Å². The fourth-order valence-electron chi connectivity index (χ4n) is 1.69. The minimum Gasteiger partial charge on any atom is -0.143 e. The maximum absolute atomic E-state index is 6.42. The number of rotatable bonds is 3. The molecular formula is C13H19ClS. The maximum Gasteiger partial charge on any atom is 0.0681 e. The van der Waals surface area contributed by atoms with E-state index in [9.17, 15) is 0 Å². The average molecular weight is 243 g/mol. The third-order valence-corrected chi connectivity index (χ3v) is 5.08. The van der Waals surface area contributed by atoms with Crippen LogP contribution in [0.1, 0.15) is 55.2 Å². The van der Waals surface area contributed by atoms with E-state index in [0.717, 1.165) is 5.92 Å². The van der Waals surface area contributed by atoms with Gasteiger partial charge in [-0.05, 0) is 29.9 Å². The molecular weight excluding hydrogens is 224 g/mol. The van der Waals surface area contributed by atoms with Gasteiger partial charge in [0.15, 0.2) is 0 Å². The predicted molar refractivity (Wildman–Crippen MR) is 69.0 cm³/mol. The van der Waals surface area contributed by atoms with E-state index in [1.54, 1.807) is 0 Å². The fourth-order valence-corrected chi connectivity index (χ4v) is 3.20. The number of hydrogen-bond donors (Lipinski definition) is 0. The molecule has 84 valence electrons. The SMILES string of the molecule is CC(C)(C)c1ccc(C(Cl)CC2CC2)s1. The summed E-state index contributed by atoms with van der Waals surface area (Å²) in [5.74, 6) is 0.910. The Labute approximate surface area is 102 Å². The summed E-state index contributed by atoms with van der Waals surface area (Å²) in [4.78, 5) is 2.80. The van der Waals surface area contributed by atoms with Crippen molar-refractivity contribution in [3.63, 3.8) is 0 Å². The molecule has 15 heavy (non-hydrogen) atoms. The van der Waals surface area contributed by atoms with E-state index in [2.05, 4.69) is 32.9 Å². The minimum atomic E-state index is 0.249. The van der Waals surface area contributed by atoms with Crippen molar-refractivity contribution >= 4 is 22.9 Å². The number of alkyl halides is 1. The van der Waals surface area contributed by atoms with Crippen LogP contribution in [-0.2, 0) is 5.41 Å². The van der Waals surface area contributed by atoms with E-state index in [0.29, 0.717) is 0 Å². The van der Waals surface area contributed by atoms with Crippen molar-refractivity contribution in [3.8, 4) is 0 Å². The van der Waals surface area contributed by atoms with Gasteiger partial charge < -0.3 is 0 Å². The van der Waals surface area contributed by atoms with Gasteiger partial charge in [-0.2, -0.15) is 0 Å². The van der Waals surface area contributed by atoms with Crippen molar-refractivity contribution in [2.45, 2.75) is 50.8 Å². The summed E-state index contributed by atoms with van der Waals surface area (Å²) < 4.78 is 0. The Bertz CT molecular complexity index is 331.